The van der Waals surface area contributed by atoms with Gasteiger partial charge in [0.2, 0.25) is 0 Å². The van der Waals surface area contributed by atoms with Gasteiger partial charge in [-0.05, 0) is 23.9 Å². The SMILES string of the molecule is N#CS[C@]1(CN2CCOCC2)COc2c(Cl)cc(Cl)cc2C1=O. The van der Waals surface area contributed by atoms with Crippen LogP contribution in [0.2, 0.25) is 10.0 Å². The number of thioether (sulfide) groups is 1. The normalized spacial score (nSPS) is 24.7. The highest BCUT2D eigenvalue weighted by Crippen LogP contribution is 2.42. The molecule has 2 heterocycles. The van der Waals surface area contributed by atoms with Gasteiger partial charge in [0.15, 0.2) is 5.78 Å². The van der Waals surface area contributed by atoms with Gasteiger partial charge in [0.25, 0.3) is 0 Å². The summed E-state index contributed by atoms with van der Waals surface area (Å²) in [4.78, 5) is 15.2. The van der Waals surface area contributed by atoms with Gasteiger partial charge in [-0.25, -0.2) is 0 Å². The molecule has 0 aliphatic carbocycles. The van der Waals surface area contributed by atoms with Crippen molar-refractivity contribution in [1.82, 2.24) is 4.90 Å². The van der Waals surface area contributed by atoms with Gasteiger partial charge in [-0.2, -0.15) is 5.26 Å². The standard InChI is InChI=1S/C15H14Cl2N2O3S/c16-10-5-11-13(12(17)6-10)22-8-15(14(11)20,23-9-18)7-19-1-3-21-4-2-19/h5-6H,1-4,7-8H2/t15-/m1/s1. The van der Waals surface area contributed by atoms with Crippen LogP contribution in [0.1, 0.15) is 10.4 Å². The zero-order valence-corrected chi connectivity index (χ0v) is 14.5. The van der Waals surface area contributed by atoms with Crippen molar-refractivity contribution in [3.63, 3.8) is 0 Å². The summed E-state index contributed by atoms with van der Waals surface area (Å²) in [6.07, 6.45) is 0. The number of morpholine rings is 1. The maximum atomic E-state index is 13.1. The molecule has 8 heteroatoms. The van der Waals surface area contributed by atoms with Gasteiger partial charge in [0.1, 0.15) is 22.5 Å². The smallest absolute Gasteiger partial charge is 0.188 e. The number of fused-ring (bicyclic) bond motifs is 1. The van der Waals surface area contributed by atoms with Gasteiger partial charge >= 0.3 is 0 Å². The average Bonchev–Trinajstić information content (AvgIpc) is 2.52. The Bertz CT molecular complexity index is 673. The third kappa shape index (κ3) is 3.30. The summed E-state index contributed by atoms with van der Waals surface area (Å²) in [5.74, 6) is 0.179. The fourth-order valence-corrected chi connectivity index (χ4v) is 4.10. The third-order valence-electron chi connectivity index (χ3n) is 3.94. The summed E-state index contributed by atoms with van der Waals surface area (Å²) in [6, 6.07) is 3.10. The first-order chi connectivity index (χ1) is 11.1. The minimum absolute atomic E-state index is 0.107. The molecule has 0 aromatic heterocycles. The molecule has 2 aliphatic heterocycles. The molecular weight excluding hydrogens is 359 g/mol. The maximum Gasteiger partial charge on any atom is 0.188 e. The lowest BCUT2D eigenvalue weighted by atomic mass is 9.93. The molecule has 0 unspecified atom stereocenters. The fourth-order valence-electron chi connectivity index (χ4n) is 2.81. The highest BCUT2D eigenvalue weighted by molar-refractivity contribution is 8.05. The lowest BCUT2D eigenvalue weighted by Gasteiger charge is -2.39. The van der Waals surface area contributed by atoms with Crippen LogP contribution in [0.3, 0.4) is 0 Å². The van der Waals surface area contributed by atoms with E-state index in [0.29, 0.717) is 41.1 Å². The van der Waals surface area contributed by atoms with E-state index in [2.05, 4.69) is 10.3 Å². The zero-order valence-electron chi connectivity index (χ0n) is 12.2. The number of nitriles is 1. The Labute approximate surface area is 148 Å². The van der Waals surface area contributed by atoms with Crippen LogP contribution in [0.15, 0.2) is 12.1 Å². The molecule has 0 saturated carbocycles. The molecule has 0 radical (unpaired) electrons. The predicted octanol–water partition coefficient (Wildman–Crippen LogP) is 2.85. The molecule has 0 bridgehead atoms. The van der Waals surface area contributed by atoms with Crippen molar-refractivity contribution in [2.24, 2.45) is 0 Å². The number of carbonyl (C=O) groups excluding carboxylic acids is 1. The van der Waals surface area contributed by atoms with E-state index in [1.165, 1.54) is 0 Å². The van der Waals surface area contributed by atoms with Crippen LogP contribution >= 0.6 is 35.0 Å². The zero-order chi connectivity index (χ0) is 16.4. The van der Waals surface area contributed by atoms with Gasteiger partial charge in [0, 0.05) is 24.7 Å². The number of benzene rings is 1. The molecule has 0 spiro atoms. The molecule has 1 aromatic carbocycles. The quantitative estimate of drug-likeness (QED) is 0.760. The third-order valence-corrected chi connectivity index (χ3v) is 5.35. The number of hydrogen-bond donors (Lipinski definition) is 0. The summed E-state index contributed by atoms with van der Waals surface area (Å²) in [6.45, 7) is 3.23. The van der Waals surface area contributed by atoms with Crippen LogP contribution in [-0.2, 0) is 4.74 Å². The Kier molecular flexibility index (Phi) is 5.04. The monoisotopic (exact) mass is 372 g/mol. The van der Waals surface area contributed by atoms with Crippen molar-refractivity contribution in [2.45, 2.75) is 4.75 Å². The van der Waals surface area contributed by atoms with Crippen molar-refractivity contribution in [2.75, 3.05) is 39.5 Å². The molecular formula is C15H14Cl2N2O3S. The Morgan fingerprint density at radius 3 is 2.78 bits per heavy atom. The lowest BCUT2D eigenvalue weighted by Crippen LogP contribution is -2.54. The van der Waals surface area contributed by atoms with E-state index in [1.54, 1.807) is 12.1 Å². The van der Waals surface area contributed by atoms with Crippen LogP contribution in [0.25, 0.3) is 0 Å². The van der Waals surface area contributed by atoms with Gasteiger partial charge in [-0.15, -0.1) is 0 Å². The largest absolute Gasteiger partial charge is 0.489 e. The van der Waals surface area contributed by atoms with E-state index in [4.69, 9.17) is 32.7 Å². The summed E-state index contributed by atoms with van der Waals surface area (Å²) < 4.78 is 10.1. The second kappa shape index (κ2) is 6.88. The molecule has 122 valence electrons. The topological polar surface area (TPSA) is 62.6 Å². The van der Waals surface area contributed by atoms with Gasteiger partial charge < -0.3 is 9.47 Å². The molecule has 1 fully saturated rings. The molecule has 0 N–H and O–H groups in total. The minimum Gasteiger partial charge on any atom is -0.489 e. The van der Waals surface area contributed by atoms with E-state index < -0.39 is 4.75 Å². The molecule has 0 amide bonds. The Morgan fingerprint density at radius 2 is 2.09 bits per heavy atom. The van der Waals surface area contributed by atoms with E-state index >= 15 is 0 Å². The second-order valence-electron chi connectivity index (χ2n) is 5.46. The molecule has 3 rings (SSSR count). The molecule has 5 nitrogen and oxygen atoms in total. The van der Waals surface area contributed by atoms with E-state index in [1.807, 2.05) is 0 Å². The minimum atomic E-state index is -0.979. The lowest BCUT2D eigenvalue weighted by molar-refractivity contribution is 0.0288. The first-order valence-electron chi connectivity index (χ1n) is 7.09. The van der Waals surface area contributed by atoms with Crippen molar-refractivity contribution < 1.29 is 14.3 Å². The second-order valence-corrected chi connectivity index (χ2v) is 7.47. The highest BCUT2D eigenvalue weighted by Gasteiger charge is 2.47. The van der Waals surface area contributed by atoms with Crippen LogP contribution in [0.4, 0.5) is 0 Å². The van der Waals surface area contributed by atoms with E-state index in [0.717, 1.165) is 24.9 Å². The summed E-state index contributed by atoms with van der Waals surface area (Å²) >= 11 is 13.1. The predicted molar refractivity (Wildman–Crippen MR) is 89.5 cm³/mol. The van der Waals surface area contributed by atoms with Crippen molar-refractivity contribution >= 4 is 40.7 Å². The maximum absolute atomic E-state index is 13.1. The highest BCUT2D eigenvalue weighted by atomic mass is 35.5. The number of rotatable bonds is 3. The number of carbonyl (C=O) groups is 1. The Hall–Kier alpha value is -0.970. The van der Waals surface area contributed by atoms with Crippen LogP contribution in [0, 0.1) is 10.7 Å². The number of nitrogens with zero attached hydrogens (tertiary/aromatic N) is 2. The molecule has 1 aromatic rings. The van der Waals surface area contributed by atoms with Gasteiger partial charge in [-0.3, -0.25) is 9.69 Å². The molecule has 1 atom stereocenters. The molecule has 1 saturated heterocycles. The van der Waals surface area contributed by atoms with Crippen molar-refractivity contribution in [3.8, 4) is 11.2 Å². The van der Waals surface area contributed by atoms with Crippen LogP contribution < -0.4 is 4.74 Å². The fraction of sp³-hybridized carbons (Fsp3) is 0.467. The number of Topliss-reactive ketones (excluding diaryl/α,β-unsaturated/α-hetero) is 1. The summed E-state index contributed by atoms with van der Waals surface area (Å²) in [7, 11) is 0. The summed E-state index contributed by atoms with van der Waals surface area (Å²) in [5, 5.41) is 11.9. The number of ether oxygens (including phenoxy) is 2. The first kappa shape index (κ1) is 16.9. The van der Waals surface area contributed by atoms with E-state index in [9.17, 15) is 10.1 Å². The Balaban J connectivity index is 1.94. The number of ketones is 1. The number of halogens is 2. The number of thiocyanates is 1. The molecule has 2 aliphatic rings. The van der Waals surface area contributed by atoms with Crippen molar-refractivity contribution in [3.05, 3.63) is 27.7 Å². The number of hydrogen-bond acceptors (Lipinski definition) is 6. The van der Waals surface area contributed by atoms with Crippen LogP contribution in [-0.4, -0.2) is 54.9 Å². The average molecular weight is 373 g/mol. The van der Waals surface area contributed by atoms with Gasteiger partial charge in [0.05, 0.1) is 23.8 Å². The molecule has 23 heavy (non-hydrogen) atoms. The Morgan fingerprint density at radius 1 is 1.35 bits per heavy atom. The summed E-state index contributed by atoms with van der Waals surface area (Å²) in [5.41, 5.74) is 0.338. The van der Waals surface area contributed by atoms with E-state index in [-0.39, 0.29) is 12.4 Å². The van der Waals surface area contributed by atoms with Crippen LogP contribution in [0.5, 0.6) is 5.75 Å². The van der Waals surface area contributed by atoms with Crippen molar-refractivity contribution in [1.29, 1.82) is 5.26 Å². The van der Waals surface area contributed by atoms with Gasteiger partial charge in [-0.1, -0.05) is 23.2 Å². The first-order valence-corrected chi connectivity index (χ1v) is 8.67.